The SMILES string of the molecule is COc1cccc2cc(C(=O)C3=C([O-])C(=O)N(Cc4ccc[nH+]c4)C3c3ccc(C)o3)oc12. The fraction of sp³-hybridized carbons (Fsp3) is 0.160. The molecule has 0 saturated carbocycles. The largest absolute Gasteiger partial charge is 0.868 e. The van der Waals surface area contributed by atoms with E-state index < -0.39 is 23.5 Å². The zero-order chi connectivity index (χ0) is 23.1. The molecule has 1 amide bonds. The Morgan fingerprint density at radius 1 is 1.18 bits per heavy atom. The standard InChI is InChI=1S/C25H20N2O6/c1-14-8-9-17(32-14)21-20(23(29)25(30)27(21)13-15-5-4-10-26-12-15)22(28)19-11-16-6-3-7-18(31-2)24(16)33-19/h3-12,21,29H,13H2,1-2H3. The van der Waals surface area contributed by atoms with Crippen LogP contribution in [0.4, 0.5) is 0 Å². The number of rotatable bonds is 6. The van der Waals surface area contributed by atoms with Crippen LogP contribution in [0.15, 0.2) is 81.1 Å². The van der Waals surface area contributed by atoms with E-state index in [0.29, 0.717) is 28.2 Å². The summed E-state index contributed by atoms with van der Waals surface area (Å²) in [6, 6.07) is 12.9. The van der Waals surface area contributed by atoms with E-state index in [1.807, 2.05) is 6.07 Å². The van der Waals surface area contributed by atoms with Crippen molar-refractivity contribution in [1.29, 1.82) is 0 Å². The van der Waals surface area contributed by atoms with Gasteiger partial charge in [0, 0.05) is 22.6 Å². The fourth-order valence-corrected chi connectivity index (χ4v) is 4.10. The van der Waals surface area contributed by atoms with Crippen molar-refractivity contribution in [2.45, 2.75) is 19.5 Å². The highest BCUT2D eigenvalue weighted by molar-refractivity contribution is 6.15. The molecule has 0 saturated heterocycles. The number of nitrogens with one attached hydrogen (secondary N) is 1. The molecule has 1 aliphatic heterocycles. The summed E-state index contributed by atoms with van der Waals surface area (Å²) in [5, 5.41) is 13.7. The summed E-state index contributed by atoms with van der Waals surface area (Å²) in [5.41, 5.74) is 0.962. The monoisotopic (exact) mass is 444 g/mol. The van der Waals surface area contributed by atoms with Gasteiger partial charge in [-0.15, -0.1) is 0 Å². The van der Waals surface area contributed by atoms with Gasteiger partial charge in [-0.25, -0.2) is 4.98 Å². The summed E-state index contributed by atoms with van der Waals surface area (Å²) >= 11 is 0. The molecule has 1 atom stereocenters. The van der Waals surface area contributed by atoms with Gasteiger partial charge in [-0.3, -0.25) is 9.59 Å². The molecule has 5 rings (SSSR count). The van der Waals surface area contributed by atoms with Crippen molar-refractivity contribution in [2.24, 2.45) is 0 Å². The number of furan rings is 2. The number of pyridine rings is 1. The number of methoxy groups -OCH3 is 1. The normalized spacial score (nSPS) is 16.1. The number of para-hydroxylation sites is 1. The molecule has 1 unspecified atom stereocenters. The molecule has 0 spiro atoms. The summed E-state index contributed by atoms with van der Waals surface area (Å²) in [7, 11) is 1.50. The lowest BCUT2D eigenvalue weighted by atomic mass is 9.99. The van der Waals surface area contributed by atoms with Crippen molar-refractivity contribution in [3.8, 4) is 5.75 Å². The number of nitrogens with zero attached hydrogens (tertiary/aromatic N) is 1. The first kappa shape index (κ1) is 20.6. The van der Waals surface area contributed by atoms with E-state index in [2.05, 4.69) is 4.98 Å². The molecule has 0 bridgehead atoms. The molecule has 166 valence electrons. The van der Waals surface area contributed by atoms with Crippen molar-refractivity contribution in [3.63, 3.8) is 0 Å². The Labute approximate surface area is 188 Å². The van der Waals surface area contributed by atoms with E-state index in [9.17, 15) is 14.7 Å². The summed E-state index contributed by atoms with van der Waals surface area (Å²) in [5.74, 6) is -0.942. The number of aromatic nitrogens is 1. The lowest BCUT2D eigenvalue weighted by molar-refractivity contribution is -0.378. The maximum Gasteiger partial charge on any atom is 0.240 e. The number of aromatic amines is 1. The summed E-state index contributed by atoms with van der Waals surface area (Å²) in [6.45, 7) is 1.88. The number of carbonyl (C=O) groups is 2. The van der Waals surface area contributed by atoms with Gasteiger partial charge in [-0.2, -0.15) is 0 Å². The Hall–Kier alpha value is -4.33. The third-order valence-corrected chi connectivity index (χ3v) is 5.64. The van der Waals surface area contributed by atoms with Crippen molar-refractivity contribution in [2.75, 3.05) is 7.11 Å². The van der Waals surface area contributed by atoms with Crippen LogP contribution < -0.4 is 14.8 Å². The predicted molar refractivity (Wildman–Crippen MR) is 114 cm³/mol. The van der Waals surface area contributed by atoms with Crippen LogP contribution in [0.25, 0.3) is 11.0 Å². The Bertz CT molecular complexity index is 1400. The van der Waals surface area contributed by atoms with E-state index in [-0.39, 0.29) is 17.9 Å². The molecule has 0 fully saturated rings. The number of fused-ring (bicyclic) bond motifs is 1. The van der Waals surface area contributed by atoms with Crippen LogP contribution in [0.1, 0.15) is 33.7 Å². The van der Waals surface area contributed by atoms with Gasteiger partial charge >= 0.3 is 0 Å². The van der Waals surface area contributed by atoms with Crippen molar-refractivity contribution < 1.29 is 33.3 Å². The average molecular weight is 444 g/mol. The smallest absolute Gasteiger partial charge is 0.240 e. The molecular weight excluding hydrogens is 424 g/mol. The van der Waals surface area contributed by atoms with E-state index in [1.54, 1.807) is 61.8 Å². The van der Waals surface area contributed by atoms with Crippen LogP contribution in [0.2, 0.25) is 0 Å². The molecule has 4 heterocycles. The maximum absolute atomic E-state index is 13.5. The minimum absolute atomic E-state index is 0.0474. The lowest BCUT2D eigenvalue weighted by Crippen LogP contribution is -2.32. The van der Waals surface area contributed by atoms with Crippen LogP contribution in [0, 0.1) is 6.92 Å². The molecule has 8 nitrogen and oxygen atoms in total. The first-order chi connectivity index (χ1) is 16.0. The molecule has 8 heteroatoms. The summed E-state index contributed by atoms with van der Waals surface area (Å²) in [4.78, 5) is 30.9. The Kier molecular flexibility index (Phi) is 4.97. The number of benzene rings is 1. The van der Waals surface area contributed by atoms with Crippen LogP contribution in [0.5, 0.6) is 5.75 Å². The predicted octanol–water partition coefficient (Wildman–Crippen LogP) is 2.74. The van der Waals surface area contributed by atoms with Crippen LogP contribution >= 0.6 is 0 Å². The molecular formula is C25H20N2O6. The number of Topliss-reactive ketones (excluding diaryl/α,β-unsaturated/α-hetero) is 1. The second-order valence-electron chi connectivity index (χ2n) is 7.76. The van der Waals surface area contributed by atoms with E-state index in [1.165, 1.54) is 12.0 Å². The third-order valence-electron chi connectivity index (χ3n) is 5.64. The zero-order valence-corrected chi connectivity index (χ0v) is 18.0. The molecule has 33 heavy (non-hydrogen) atoms. The first-order valence-corrected chi connectivity index (χ1v) is 10.3. The van der Waals surface area contributed by atoms with Gasteiger partial charge in [0.1, 0.15) is 17.6 Å². The van der Waals surface area contributed by atoms with Gasteiger partial charge in [0.05, 0.1) is 13.7 Å². The topological polar surface area (TPSA) is 110 Å². The average Bonchev–Trinajstić information content (AvgIpc) is 3.52. The molecule has 1 aromatic carbocycles. The van der Waals surface area contributed by atoms with Crippen LogP contribution in [0.3, 0.4) is 0 Å². The van der Waals surface area contributed by atoms with Gasteiger partial charge in [-0.05, 0) is 43.0 Å². The quantitative estimate of drug-likeness (QED) is 0.423. The molecule has 1 N–H and O–H groups in total. The maximum atomic E-state index is 13.5. The highest BCUT2D eigenvalue weighted by Gasteiger charge is 2.42. The number of ether oxygens (including phenoxy) is 1. The second kappa shape index (κ2) is 7.98. The number of hydrogen-bond acceptors (Lipinski definition) is 6. The van der Waals surface area contributed by atoms with E-state index in [0.717, 1.165) is 5.56 Å². The number of carbonyl (C=O) groups excluding carboxylic acids is 2. The highest BCUT2D eigenvalue weighted by Crippen LogP contribution is 2.40. The number of ketones is 1. The molecule has 3 aromatic heterocycles. The third kappa shape index (κ3) is 3.45. The lowest BCUT2D eigenvalue weighted by Gasteiger charge is -2.25. The van der Waals surface area contributed by atoms with Gasteiger partial charge in [0.25, 0.3) is 0 Å². The molecule has 0 aliphatic carbocycles. The van der Waals surface area contributed by atoms with Gasteiger partial charge in [0.15, 0.2) is 29.5 Å². The fourth-order valence-electron chi connectivity index (χ4n) is 4.10. The number of amides is 1. The number of H-pyrrole nitrogens is 1. The van der Waals surface area contributed by atoms with Crippen molar-refractivity contribution in [1.82, 2.24) is 4.90 Å². The van der Waals surface area contributed by atoms with Crippen LogP contribution in [-0.4, -0.2) is 23.7 Å². The molecule has 0 radical (unpaired) electrons. The summed E-state index contributed by atoms with van der Waals surface area (Å²) in [6.07, 6.45) is 3.47. The highest BCUT2D eigenvalue weighted by atomic mass is 16.5. The first-order valence-electron chi connectivity index (χ1n) is 10.3. The minimum Gasteiger partial charge on any atom is -0.868 e. The van der Waals surface area contributed by atoms with Gasteiger partial charge in [0.2, 0.25) is 11.7 Å². The van der Waals surface area contributed by atoms with Crippen LogP contribution in [-0.2, 0) is 11.3 Å². The Morgan fingerprint density at radius 3 is 2.73 bits per heavy atom. The van der Waals surface area contributed by atoms with Gasteiger partial charge in [-0.1, -0.05) is 12.1 Å². The Balaban J connectivity index is 1.60. The summed E-state index contributed by atoms with van der Waals surface area (Å²) < 4.78 is 16.8. The molecule has 4 aromatic rings. The van der Waals surface area contributed by atoms with Crippen molar-refractivity contribution in [3.05, 3.63) is 95.1 Å². The number of aryl methyl sites for hydroxylation is 1. The second-order valence-corrected chi connectivity index (χ2v) is 7.76. The minimum atomic E-state index is -0.971. The van der Waals surface area contributed by atoms with Crippen molar-refractivity contribution >= 4 is 22.7 Å². The van der Waals surface area contributed by atoms with Gasteiger partial charge < -0.3 is 23.6 Å². The zero-order valence-electron chi connectivity index (χ0n) is 18.0. The van der Waals surface area contributed by atoms with E-state index in [4.69, 9.17) is 13.6 Å². The Morgan fingerprint density at radius 2 is 2.03 bits per heavy atom. The van der Waals surface area contributed by atoms with E-state index >= 15 is 0 Å². The number of hydrogen-bond donors (Lipinski definition) is 0. The molecule has 1 aliphatic rings.